The molecule has 0 unspecified atom stereocenters. The first-order valence-electron chi connectivity index (χ1n) is 12.3. The SMILES string of the molecule is CN(C)S(=O)(=O)C[C@H](C1CC1)N1C(=O)[C@](C)(CC(=O)O)C[C@H](c2cccc(Cl)c2)[C@H]1c1ccc(Cl)cc1. The number of carboxylic acids is 1. The third kappa shape index (κ3) is 5.98. The molecule has 1 aliphatic heterocycles. The summed E-state index contributed by atoms with van der Waals surface area (Å²) in [6, 6.07) is 13.5. The van der Waals surface area contributed by atoms with Crippen LogP contribution in [0.1, 0.15) is 55.7 Å². The van der Waals surface area contributed by atoms with Gasteiger partial charge in [-0.05, 0) is 60.6 Å². The lowest BCUT2D eigenvalue weighted by Gasteiger charge is -2.52. The van der Waals surface area contributed by atoms with Gasteiger partial charge in [0, 0.05) is 30.1 Å². The molecule has 1 amide bonds. The Balaban J connectivity index is 1.93. The lowest BCUT2D eigenvalue weighted by molar-refractivity contribution is -0.160. The second kappa shape index (κ2) is 10.6. The Morgan fingerprint density at radius 3 is 2.30 bits per heavy atom. The summed E-state index contributed by atoms with van der Waals surface area (Å²) in [4.78, 5) is 27.9. The maximum atomic E-state index is 14.3. The Morgan fingerprint density at radius 2 is 1.76 bits per heavy atom. The van der Waals surface area contributed by atoms with Crippen LogP contribution < -0.4 is 0 Å². The van der Waals surface area contributed by atoms with Crippen molar-refractivity contribution in [3.63, 3.8) is 0 Å². The first-order chi connectivity index (χ1) is 17.3. The molecule has 10 heteroatoms. The summed E-state index contributed by atoms with van der Waals surface area (Å²) in [6.07, 6.45) is 1.54. The van der Waals surface area contributed by atoms with Crippen molar-refractivity contribution in [3.05, 3.63) is 69.7 Å². The number of hydrogen-bond acceptors (Lipinski definition) is 4. The van der Waals surface area contributed by atoms with E-state index in [9.17, 15) is 23.1 Å². The summed E-state index contributed by atoms with van der Waals surface area (Å²) in [5, 5.41) is 10.8. The van der Waals surface area contributed by atoms with Gasteiger partial charge in [0.05, 0.1) is 29.7 Å². The van der Waals surface area contributed by atoms with Crippen molar-refractivity contribution in [1.82, 2.24) is 9.21 Å². The molecule has 4 rings (SSSR count). The molecule has 1 N–H and O–H groups in total. The Kier molecular flexibility index (Phi) is 7.96. The van der Waals surface area contributed by atoms with Gasteiger partial charge in [-0.15, -0.1) is 0 Å². The number of sulfonamides is 1. The molecule has 2 aromatic rings. The predicted molar refractivity (Wildman–Crippen MR) is 144 cm³/mol. The number of amides is 1. The third-order valence-corrected chi connectivity index (χ3v) is 9.96. The lowest BCUT2D eigenvalue weighted by atomic mass is 9.67. The number of rotatable bonds is 9. The maximum absolute atomic E-state index is 14.3. The molecular weight excluding hydrogens is 535 g/mol. The largest absolute Gasteiger partial charge is 0.481 e. The first kappa shape index (κ1) is 27.9. The quantitative estimate of drug-likeness (QED) is 0.450. The zero-order valence-electron chi connectivity index (χ0n) is 21.1. The number of benzene rings is 2. The highest BCUT2D eigenvalue weighted by Gasteiger charge is 2.55. The van der Waals surface area contributed by atoms with Crippen LogP contribution in [-0.4, -0.2) is 60.5 Å². The fourth-order valence-electron chi connectivity index (χ4n) is 5.53. The van der Waals surface area contributed by atoms with Gasteiger partial charge in [-0.1, -0.05) is 54.4 Å². The number of nitrogens with zero attached hydrogens (tertiary/aromatic N) is 2. The third-order valence-electron chi connectivity index (χ3n) is 7.59. The normalized spacial score (nSPS) is 25.4. The Bertz CT molecular complexity index is 1280. The maximum Gasteiger partial charge on any atom is 0.304 e. The van der Waals surface area contributed by atoms with Crippen LogP contribution >= 0.6 is 23.2 Å². The van der Waals surface area contributed by atoms with Gasteiger partial charge >= 0.3 is 5.97 Å². The molecule has 1 aliphatic carbocycles. The minimum Gasteiger partial charge on any atom is -0.481 e. The van der Waals surface area contributed by atoms with Crippen LogP contribution in [0.25, 0.3) is 0 Å². The van der Waals surface area contributed by atoms with Crippen LogP contribution in [0.15, 0.2) is 48.5 Å². The van der Waals surface area contributed by atoms with Crippen molar-refractivity contribution in [3.8, 4) is 0 Å². The molecule has 1 saturated heterocycles. The van der Waals surface area contributed by atoms with Crippen molar-refractivity contribution in [2.45, 2.75) is 50.6 Å². The molecule has 0 spiro atoms. The molecule has 1 heterocycles. The molecule has 2 aliphatic rings. The van der Waals surface area contributed by atoms with Crippen LogP contribution in [-0.2, 0) is 19.6 Å². The summed E-state index contributed by atoms with van der Waals surface area (Å²) in [7, 11) is -0.689. The molecular formula is C27H32Cl2N2O5S. The molecule has 1 saturated carbocycles. The van der Waals surface area contributed by atoms with Crippen molar-refractivity contribution in [2.75, 3.05) is 19.8 Å². The van der Waals surface area contributed by atoms with E-state index in [4.69, 9.17) is 23.2 Å². The van der Waals surface area contributed by atoms with Crippen molar-refractivity contribution in [2.24, 2.45) is 11.3 Å². The zero-order valence-corrected chi connectivity index (χ0v) is 23.4. The molecule has 2 fully saturated rings. The van der Waals surface area contributed by atoms with Crippen LogP contribution in [0.5, 0.6) is 0 Å². The number of halogens is 2. The summed E-state index contributed by atoms with van der Waals surface area (Å²) < 4.78 is 27.4. The smallest absolute Gasteiger partial charge is 0.304 e. The number of piperidine rings is 1. The van der Waals surface area contributed by atoms with Crippen LogP contribution in [0.2, 0.25) is 10.0 Å². The molecule has 4 atom stereocenters. The van der Waals surface area contributed by atoms with Crippen LogP contribution in [0, 0.1) is 11.3 Å². The summed E-state index contributed by atoms with van der Waals surface area (Å²) in [5.41, 5.74) is 0.455. The predicted octanol–water partition coefficient (Wildman–Crippen LogP) is 5.20. The molecule has 0 radical (unpaired) electrons. The summed E-state index contributed by atoms with van der Waals surface area (Å²) >= 11 is 12.6. The van der Waals surface area contributed by atoms with Gasteiger partial charge in [-0.25, -0.2) is 12.7 Å². The van der Waals surface area contributed by atoms with E-state index in [0.29, 0.717) is 10.0 Å². The topological polar surface area (TPSA) is 95.0 Å². The number of aliphatic carboxylic acids is 1. The van der Waals surface area contributed by atoms with Crippen LogP contribution in [0.3, 0.4) is 0 Å². The average Bonchev–Trinajstić information content (AvgIpc) is 3.65. The average molecular weight is 568 g/mol. The minimum absolute atomic E-state index is 0.0145. The number of carbonyl (C=O) groups excluding carboxylic acids is 1. The van der Waals surface area contributed by atoms with E-state index in [1.165, 1.54) is 18.4 Å². The molecule has 0 aromatic heterocycles. The Morgan fingerprint density at radius 1 is 1.11 bits per heavy atom. The van der Waals surface area contributed by atoms with E-state index in [2.05, 4.69) is 0 Å². The van der Waals surface area contributed by atoms with Gasteiger partial charge in [-0.3, -0.25) is 9.59 Å². The molecule has 37 heavy (non-hydrogen) atoms. The standard InChI is InChI=1S/C27H32Cl2N2O5S/c1-27(15-24(32)33)14-22(19-5-4-6-21(29)13-19)25(18-9-11-20(28)12-10-18)31(26(27)34)23(17-7-8-17)16-37(35,36)30(2)3/h4-6,9-13,17,22-23,25H,7-8,14-16H2,1-3H3,(H,32,33)/t22-,23-,25-,27+/m1/s1. The van der Waals surface area contributed by atoms with Crippen molar-refractivity contribution < 1.29 is 23.1 Å². The second-order valence-corrected chi connectivity index (χ2v) is 13.8. The summed E-state index contributed by atoms with van der Waals surface area (Å²) in [5.74, 6) is -1.94. The number of hydrogen-bond donors (Lipinski definition) is 1. The van der Waals surface area contributed by atoms with E-state index in [0.717, 1.165) is 24.0 Å². The monoisotopic (exact) mass is 566 g/mol. The van der Waals surface area contributed by atoms with Gasteiger partial charge in [0.25, 0.3) is 0 Å². The van der Waals surface area contributed by atoms with Gasteiger partial charge in [0.1, 0.15) is 0 Å². The number of likely N-dealkylation sites (tertiary alicyclic amines) is 1. The van der Waals surface area contributed by atoms with E-state index in [1.807, 2.05) is 30.3 Å². The van der Waals surface area contributed by atoms with Gasteiger partial charge in [0.2, 0.25) is 15.9 Å². The first-order valence-corrected chi connectivity index (χ1v) is 14.6. The minimum atomic E-state index is -3.66. The Labute approximate surface area is 228 Å². The van der Waals surface area contributed by atoms with Gasteiger partial charge < -0.3 is 10.0 Å². The highest BCUT2D eigenvalue weighted by Crippen LogP contribution is 2.54. The van der Waals surface area contributed by atoms with Gasteiger partial charge in [-0.2, -0.15) is 0 Å². The zero-order chi connectivity index (χ0) is 27.1. The van der Waals surface area contributed by atoms with Crippen LogP contribution in [0.4, 0.5) is 0 Å². The van der Waals surface area contributed by atoms with E-state index in [1.54, 1.807) is 30.0 Å². The van der Waals surface area contributed by atoms with Crippen molar-refractivity contribution >= 4 is 45.1 Å². The number of carbonyl (C=O) groups is 2. The Hall–Kier alpha value is -2.13. The highest BCUT2D eigenvalue weighted by molar-refractivity contribution is 7.89. The summed E-state index contributed by atoms with van der Waals surface area (Å²) in [6.45, 7) is 1.68. The van der Waals surface area contributed by atoms with E-state index in [-0.39, 0.29) is 36.3 Å². The lowest BCUT2D eigenvalue weighted by Crippen LogP contribution is -2.58. The molecule has 0 bridgehead atoms. The molecule has 7 nitrogen and oxygen atoms in total. The molecule has 200 valence electrons. The van der Waals surface area contributed by atoms with E-state index < -0.39 is 33.5 Å². The molecule has 2 aromatic carbocycles. The van der Waals surface area contributed by atoms with Crippen molar-refractivity contribution in [1.29, 1.82) is 0 Å². The van der Waals surface area contributed by atoms with E-state index >= 15 is 0 Å². The fourth-order valence-corrected chi connectivity index (χ4v) is 7.02. The van der Waals surface area contributed by atoms with Gasteiger partial charge in [0.15, 0.2) is 0 Å². The highest BCUT2D eigenvalue weighted by atomic mass is 35.5. The fraction of sp³-hybridized carbons (Fsp3) is 0.481. The second-order valence-electron chi connectivity index (χ2n) is 10.7. The number of carboxylic acid groups (broad SMARTS) is 1.